The molecule has 1 aliphatic carbocycles. The molecule has 3 radical (unpaired) electrons. The second-order valence-electron chi connectivity index (χ2n) is 23.6. The summed E-state index contributed by atoms with van der Waals surface area (Å²) in [7, 11) is 0. The summed E-state index contributed by atoms with van der Waals surface area (Å²) in [6.07, 6.45) is 0.994. The van der Waals surface area contributed by atoms with Crippen LogP contribution in [0.3, 0.4) is 0 Å². The van der Waals surface area contributed by atoms with Gasteiger partial charge in [-0.05, 0) is 135 Å². The average Bonchev–Trinajstić information content (AvgIpc) is 1.59. The molecule has 16 aromatic rings. The Bertz CT molecular complexity index is 5020. The third-order valence-electron chi connectivity index (χ3n) is 18.7. The van der Waals surface area contributed by atoms with Crippen LogP contribution in [0.5, 0.6) is 0 Å². The van der Waals surface area contributed by atoms with E-state index < -0.39 is 5.41 Å². The first-order valence-electron chi connectivity index (χ1n) is 31.3. The fourth-order valence-corrected chi connectivity index (χ4v) is 15.5. The van der Waals surface area contributed by atoms with Crippen molar-refractivity contribution in [1.82, 2.24) is 9.13 Å². The minimum Gasteiger partial charge on any atom is -0.310 e. The second kappa shape index (κ2) is 25.4. The van der Waals surface area contributed by atoms with Crippen molar-refractivity contribution in [1.29, 1.82) is 0 Å². The third-order valence-corrected chi connectivity index (χ3v) is 19.2. The van der Waals surface area contributed by atoms with Crippen LogP contribution in [0.2, 0.25) is 0 Å². The van der Waals surface area contributed by atoms with Crippen LogP contribution >= 0.6 is 15.9 Å². The highest BCUT2D eigenvalue weighted by atomic mass is 79.9. The number of nitrogens with zero attached hydrogens (tertiary/aromatic N) is 3. The predicted molar refractivity (Wildman–Crippen MR) is 396 cm³/mol. The van der Waals surface area contributed by atoms with Crippen molar-refractivity contribution < 1.29 is 0 Å². The minimum atomic E-state index is -0.476. The van der Waals surface area contributed by atoms with Gasteiger partial charge in [-0.15, -0.1) is 0 Å². The fraction of sp³-hybridized carbons (Fsp3) is 0.0455. The topological polar surface area (TPSA) is 13.1 Å². The maximum Gasteiger partial charge on any atom is 0.0742 e. The first kappa shape index (κ1) is 59.6. The van der Waals surface area contributed by atoms with E-state index in [1.165, 1.54) is 116 Å². The fourth-order valence-electron chi connectivity index (χ4n) is 15.1. The highest BCUT2D eigenvalue weighted by Gasteiger charge is 2.47. The van der Waals surface area contributed by atoms with E-state index in [4.69, 9.17) is 0 Å². The molecule has 0 saturated heterocycles. The number of para-hydroxylation sites is 6. The molecule has 2 aliphatic rings. The number of halogens is 1. The van der Waals surface area contributed by atoms with E-state index in [9.17, 15) is 0 Å². The van der Waals surface area contributed by atoms with Crippen molar-refractivity contribution in [2.75, 3.05) is 4.90 Å². The first-order chi connectivity index (χ1) is 45.1. The number of anilines is 3. The summed E-state index contributed by atoms with van der Waals surface area (Å²) in [5.41, 5.74) is 23.3. The van der Waals surface area contributed by atoms with Crippen molar-refractivity contribution in [2.24, 2.45) is 0 Å². The maximum absolute atomic E-state index is 3.56. The Morgan fingerprint density at radius 2 is 0.548 bits per heavy atom. The summed E-state index contributed by atoms with van der Waals surface area (Å²) < 4.78 is 5.81. The molecule has 1 aliphatic heterocycles. The molecule has 0 bridgehead atoms. The molecule has 5 heteroatoms. The smallest absolute Gasteiger partial charge is 0.0742 e. The number of fused-ring (bicyclic) bond motifs is 10. The number of benzene rings is 14. The summed E-state index contributed by atoms with van der Waals surface area (Å²) in [6, 6.07) is 132. The minimum absolute atomic E-state index is 0. The molecular weight excluding hydrogens is 1190 g/mol. The molecule has 2 aromatic heterocycles. The summed E-state index contributed by atoms with van der Waals surface area (Å²) in [4.78, 5) is 2.45. The van der Waals surface area contributed by atoms with Crippen LogP contribution < -0.4 is 4.90 Å². The van der Waals surface area contributed by atoms with Crippen LogP contribution in [0, 0.1) is 0 Å². The molecule has 3 nitrogen and oxygen atoms in total. The first-order valence-corrected chi connectivity index (χ1v) is 32.1. The molecule has 18 rings (SSSR count). The van der Waals surface area contributed by atoms with E-state index in [-0.39, 0.29) is 21.3 Å². The summed E-state index contributed by atoms with van der Waals surface area (Å²) in [6.45, 7) is 0. The molecule has 3 heterocycles. The van der Waals surface area contributed by atoms with Crippen molar-refractivity contribution in [3.05, 3.63) is 424 Å². The standard InChI is InChI=1S/C43H30N2.C26H20.C18H12BrN.CH4.B/c1-3-16-31(17-4-1)43(32-18-5-2-6-19-32)37-24-9-13-28-41(37)45(42-29-14-10-25-38(42)43)34-21-15-20-33(30-34)44-39-26-11-7-22-35(39)36-23-8-12-27-40(36)44;1-3-13-22(14-4-1)26(23-15-5-2-6-16-23)24-17-9-7-11-20(24)19-21-12-8-10-18-25(21)26;19-13-6-5-7-14(12-13)20-17-10-3-1-8-15(17)16-9-2-4-11-18(16)20;;/h1-30H;1-18H,19H2;1-12H;1H4;. The summed E-state index contributed by atoms with van der Waals surface area (Å²) in [5.74, 6) is 0. The zero-order valence-corrected chi connectivity index (χ0v) is 52.2. The predicted octanol–water partition coefficient (Wildman–Crippen LogP) is 22.7. The third kappa shape index (κ3) is 9.99. The molecule has 0 spiro atoms. The van der Waals surface area contributed by atoms with Crippen LogP contribution in [0.15, 0.2) is 368 Å². The Labute approximate surface area is 555 Å². The van der Waals surface area contributed by atoms with Crippen molar-refractivity contribution in [3.63, 3.8) is 0 Å². The lowest BCUT2D eigenvalue weighted by atomic mass is 9.60. The quantitative estimate of drug-likeness (QED) is 0.145. The highest BCUT2D eigenvalue weighted by Crippen LogP contribution is 2.58. The van der Waals surface area contributed by atoms with E-state index in [0.29, 0.717) is 0 Å². The Morgan fingerprint density at radius 1 is 0.258 bits per heavy atom. The van der Waals surface area contributed by atoms with Gasteiger partial charge in [0.25, 0.3) is 0 Å². The molecule has 93 heavy (non-hydrogen) atoms. The van der Waals surface area contributed by atoms with Gasteiger partial charge in [0.2, 0.25) is 0 Å². The van der Waals surface area contributed by atoms with Crippen molar-refractivity contribution in [2.45, 2.75) is 24.7 Å². The molecule has 0 saturated carbocycles. The SMILES string of the molecule is Brc1cccc(-n2c3ccccc3c3ccccc32)c1.C.[B].c1ccc(C2(c3ccccc3)c3ccccc3Cc3ccccc32)cc1.c1ccc(C2(c3ccccc3)c3ccccc3N(c3cccc(-n4c5ccccc5c5ccccc54)c3)c3ccccc32)cc1. The lowest BCUT2D eigenvalue weighted by molar-refractivity contribution is 0.703. The lowest BCUT2D eigenvalue weighted by Crippen LogP contribution is -2.37. The molecule has 0 N–H and O–H groups in total. The van der Waals surface area contributed by atoms with Crippen LogP contribution in [0.1, 0.15) is 63.1 Å². The van der Waals surface area contributed by atoms with E-state index in [2.05, 4.69) is 394 Å². The summed E-state index contributed by atoms with van der Waals surface area (Å²) >= 11 is 3.56. The van der Waals surface area contributed by atoms with E-state index in [1.807, 2.05) is 0 Å². The van der Waals surface area contributed by atoms with Gasteiger partial charge in [0.1, 0.15) is 0 Å². The van der Waals surface area contributed by atoms with Gasteiger partial charge in [0.15, 0.2) is 0 Å². The van der Waals surface area contributed by atoms with Gasteiger partial charge >= 0.3 is 0 Å². The molecule has 14 aromatic carbocycles. The van der Waals surface area contributed by atoms with Gasteiger partial charge in [-0.3, -0.25) is 0 Å². The number of hydrogen-bond donors (Lipinski definition) is 0. The lowest BCUT2D eigenvalue weighted by Gasteiger charge is -2.46. The second-order valence-corrected chi connectivity index (χ2v) is 24.5. The van der Waals surface area contributed by atoms with Crippen LogP contribution in [0.25, 0.3) is 55.0 Å². The Hall–Kier alpha value is -11.0. The number of rotatable bonds is 7. The molecule has 0 atom stereocenters. The van der Waals surface area contributed by atoms with Crippen molar-refractivity contribution >= 4 is 85.0 Å². The van der Waals surface area contributed by atoms with Crippen LogP contribution in [-0.2, 0) is 17.3 Å². The van der Waals surface area contributed by atoms with Gasteiger partial charge in [-0.2, -0.15) is 0 Å². The number of aromatic nitrogens is 2. The van der Waals surface area contributed by atoms with Gasteiger partial charge in [-0.25, -0.2) is 0 Å². The normalized spacial score (nSPS) is 12.9. The van der Waals surface area contributed by atoms with Gasteiger partial charge in [0, 0.05) is 51.5 Å². The molecule has 443 valence electrons. The monoisotopic (exact) mass is 1250 g/mol. The maximum atomic E-state index is 3.56. The van der Waals surface area contributed by atoms with E-state index in [0.717, 1.165) is 22.3 Å². The molecule has 0 unspecified atom stereocenters. The van der Waals surface area contributed by atoms with Crippen LogP contribution in [-0.4, -0.2) is 17.5 Å². The largest absolute Gasteiger partial charge is 0.310 e. The Balaban J connectivity index is 0.000000132. The van der Waals surface area contributed by atoms with Gasteiger partial charge in [0.05, 0.1) is 44.3 Å². The Morgan fingerprint density at radius 3 is 0.935 bits per heavy atom. The van der Waals surface area contributed by atoms with Gasteiger partial charge in [-0.1, -0.05) is 315 Å². The molecular formula is C88H66BBrN3. The number of hydrogen-bond acceptors (Lipinski definition) is 1. The van der Waals surface area contributed by atoms with E-state index in [1.54, 1.807) is 0 Å². The molecule has 0 amide bonds. The van der Waals surface area contributed by atoms with Crippen LogP contribution in [0.4, 0.5) is 17.1 Å². The zero-order chi connectivity index (χ0) is 60.7. The Kier molecular flexibility index (Phi) is 16.3. The zero-order valence-electron chi connectivity index (χ0n) is 50.6. The van der Waals surface area contributed by atoms with Crippen molar-refractivity contribution in [3.8, 4) is 11.4 Å². The molecule has 0 fully saturated rings. The highest BCUT2D eigenvalue weighted by molar-refractivity contribution is 9.10. The summed E-state index contributed by atoms with van der Waals surface area (Å²) in [5, 5.41) is 5.12. The van der Waals surface area contributed by atoms with Gasteiger partial charge < -0.3 is 14.0 Å². The average molecular weight is 1260 g/mol. The van der Waals surface area contributed by atoms with E-state index >= 15 is 0 Å².